The molecule has 1 aromatic heterocycles. The van der Waals surface area contributed by atoms with Gasteiger partial charge in [-0.15, -0.1) is 0 Å². The maximum Gasteiger partial charge on any atom is 0.272 e. The Labute approximate surface area is 133 Å². The summed E-state index contributed by atoms with van der Waals surface area (Å²) in [5.74, 6) is 1.80. The molecule has 5 heteroatoms. The van der Waals surface area contributed by atoms with Crippen LogP contribution in [0.25, 0.3) is 0 Å². The van der Waals surface area contributed by atoms with Gasteiger partial charge in [-0.1, -0.05) is 20.8 Å². The molecule has 0 aromatic carbocycles. The van der Waals surface area contributed by atoms with E-state index in [9.17, 15) is 4.79 Å². The lowest BCUT2D eigenvalue weighted by Crippen LogP contribution is -2.39. The average molecular weight is 304 g/mol. The Morgan fingerprint density at radius 1 is 1.45 bits per heavy atom. The number of carbonyl (C=O) groups excluding carboxylic acids is 1. The largest absolute Gasteiger partial charge is 0.354 e. The number of carbonyl (C=O) groups is 1. The zero-order valence-electron chi connectivity index (χ0n) is 14.2. The monoisotopic (exact) mass is 304 g/mol. The Kier molecular flexibility index (Phi) is 5.75. The summed E-state index contributed by atoms with van der Waals surface area (Å²) < 4.78 is 0. The van der Waals surface area contributed by atoms with E-state index in [-0.39, 0.29) is 5.91 Å². The van der Waals surface area contributed by atoms with E-state index in [4.69, 9.17) is 0 Å². The fraction of sp³-hybridized carbons (Fsp3) is 0.706. The van der Waals surface area contributed by atoms with Gasteiger partial charge in [-0.05, 0) is 44.1 Å². The summed E-state index contributed by atoms with van der Waals surface area (Å²) in [6.45, 7) is 11.0. The van der Waals surface area contributed by atoms with Crippen molar-refractivity contribution in [2.45, 2.75) is 47.0 Å². The topological polar surface area (TPSA) is 58.1 Å². The first-order chi connectivity index (χ1) is 10.5. The third-order valence-electron chi connectivity index (χ3n) is 4.02. The Bertz CT molecular complexity index is 515. The molecular formula is C17H28N4O. The minimum absolute atomic E-state index is 0.0314. The quantitative estimate of drug-likeness (QED) is 0.908. The normalized spacial score (nSPS) is 18.6. The second-order valence-electron chi connectivity index (χ2n) is 6.83. The number of piperidine rings is 1. The van der Waals surface area contributed by atoms with Crippen molar-refractivity contribution in [2.24, 2.45) is 11.8 Å². The molecule has 0 saturated carbocycles. The minimum Gasteiger partial charge on any atom is -0.354 e. The van der Waals surface area contributed by atoms with E-state index in [1.807, 2.05) is 11.8 Å². The van der Waals surface area contributed by atoms with E-state index in [1.54, 1.807) is 6.07 Å². The fourth-order valence-corrected chi connectivity index (χ4v) is 2.77. The van der Waals surface area contributed by atoms with E-state index in [1.165, 1.54) is 6.42 Å². The Morgan fingerprint density at radius 3 is 2.91 bits per heavy atom. The number of nitrogens with one attached hydrogen (secondary N) is 1. The number of aryl methyl sites for hydroxylation is 1. The van der Waals surface area contributed by atoms with Crippen molar-refractivity contribution in [3.8, 4) is 0 Å². The lowest BCUT2D eigenvalue weighted by Gasteiger charge is -2.30. The molecule has 1 saturated heterocycles. The molecule has 0 aliphatic carbocycles. The molecule has 0 spiro atoms. The van der Waals surface area contributed by atoms with Crippen LogP contribution in [0, 0.1) is 18.8 Å². The van der Waals surface area contributed by atoms with Gasteiger partial charge in [0.2, 0.25) is 5.95 Å². The maximum absolute atomic E-state index is 12.6. The number of nitrogens with zero attached hydrogens (tertiary/aromatic N) is 3. The Morgan fingerprint density at radius 2 is 2.23 bits per heavy atom. The Hall–Kier alpha value is -1.65. The van der Waals surface area contributed by atoms with Gasteiger partial charge in [-0.25, -0.2) is 9.97 Å². The van der Waals surface area contributed by atoms with Crippen LogP contribution in [0.4, 0.5) is 5.95 Å². The van der Waals surface area contributed by atoms with Crippen LogP contribution in [-0.2, 0) is 0 Å². The van der Waals surface area contributed by atoms with E-state index in [0.717, 1.165) is 38.2 Å². The van der Waals surface area contributed by atoms with Gasteiger partial charge in [-0.3, -0.25) is 4.79 Å². The number of hydrogen-bond acceptors (Lipinski definition) is 4. The summed E-state index contributed by atoms with van der Waals surface area (Å²) in [5.41, 5.74) is 1.34. The summed E-state index contributed by atoms with van der Waals surface area (Å²) in [6.07, 6.45) is 3.34. The zero-order chi connectivity index (χ0) is 16.1. The molecule has 0 bridgehead atoms. The number of hydrogen-bond donors (Lipinski definition) is 1. The summed E-state index contributed by atoms with van der Waals surface area (Å²) in [5, 5.41) is 3.23. The fourth-order valence-electron chi connectivity index (χ4n) is 2.77. The van der Waals surface area contributed by atoms with Gasteiger partial charge in [0.05, 0.1) is 0 Å². The van der Waals surface area contributed by atoms with Crippen LogP contribution in [0.2, 0.25) is 0 Å². The molecule has 2 rings (SSSR count). The SMILES string of the molecule is Cc1cc(C(=O)N2CCCC(C)C2)nc(NCCC(C)C)n1. The van der Waals surface area contributed by atoms with Crippen molar-refractivity contribution >= 4 is 11.9 Å². The van der Waals surface area contributed by atoms with Gasteiger partial charge < -0.3 is 10.2 Å². The summed E-state index contributed by atoms with van der Waals surface area (Å²) >= 11 is 0. The van der Waals surface area contributed by atoms with Crippen LogP contribution in [0.5, 0.6) is 0 Å². The highest BCUT2D eigenvalue weighted by molar-refractivity contribution is 5.92. The Balaban J connectivity index is 2.06. The van der Waals surface area contributed by atoms with Gasteiger partial charge in [0.25, 0.3) is 5.91 Å². The van der Waals surface area contributed by atoms with Gasteiger partial charge >= 0.3 is 0 Å². The van der Waals surface area contributed by atoms with Crippen LogP contribution in [0.1, 0.15) is 56.2 Å². The van der Waals surface area contributed by atoms with Gasteiger partial charge in [0, 0.05) is 25.3 Å². The predicted octanol–water partition coefficient (Wildman–Crippen LogP) is 3.12. The van der Waals surface area contributed by atoms with Crippen molar-refractivity contribution in [3.05, 3.63) is 17.5 Å². The molecule has 1 unspecified atom stereocenters. The molecule has 1 fully saturated rings. The van der Waals surface area contributed by atoms with E-state index in [2.05, 4.69) is 36.1 Å². The smallest absolute Gasteiger partial charge is 0.272 e. The first-order valence-electron chi connectivity index (χ1n) is 8.34. The summed E-state index contributed by atoms with van der Waals surface area (Å²) in [7, 11) is 0. The number of aromatic nitrogens is 2. The molecule has 5 nitrogen and oxygen atoms in total. The standard InChI is InChI=1S/C17H28N4O/c1-12(2)7-8-18-17-19-14(4)10-15(20-17)16(22)21-9-5-6-13(3)11-21/h10,12-13H,5-9,11H2,1-4H3,(H,18,19,20). The molecule has 1 atom stereocenters. The molecule has 22 heavy (non-hydrogen) atoms. The summed E-state index contributed by atoms with van der Waals surface area (Å²) in [6, 6.07) is 1.79. The van der Waals surface area contributed by atoms with Crippen molar-refractivity contribution in [2.75, 3.05) is 25.0 Å². The predicted molar refractivity (Wildman–Crippen MR) is 89.0 cm³/mol. The maximum atomic E-state index is 12.6. The van der Waals surface area contributed by atoms with Gasteiger partial charge in [-0.2, -0.15) is 0 Å². The minimum atomic E-state index is 0.0314. The lowest BCUT2D eigenvalue weighted by molar-refractivity contribution is 0.0677. The average Bonchev–Trinajstić information content (AvgIpc) is 2.45. The lowest BCUT2D eigenvalue weighted by atomic mass is 10.00. The van der Waals surface area contributed by atoms with Gasteiger partial charge in [0.1, 0.15) is 5.69 Å². The van der Waals surface area contributed by atoms with Crippen LogP contribution >= 0.6 is 0 Å². The highest BCUT2D eigenvalue weighted by Crippen LogP contribution is 2.18. The van der Waals surface area contributed by atoms with Gasteiger partial charge in [0.15, 0.2) is 0 Å². The highest BCUT2D eigenvalue weighted by Gasteiger charge is 2.23. The zero-order valence-corrected chi connectivity index (χ0v) is 14.2. The first-order valence-corrected chi connectivity index (χ1v) is 8.34. The van der Waals surface area contributed by atoms with Crippen LogP contribution in [-0.4, -0.2) is 40.4 Å². The van der Waals surface area contributed by atoms with Crippen LogP contribution in [0.15, 0.2) is 6.07 Å². The molecular weight excluding hydrogens is 276 g/mol. The van der Waals surface area contributed by atoms with Crippen LogP contribution in [0.3, 0.4) is 0 Å². The molecule has 1 N–H and O–H groups in total. The molecule has 1 aliphatic rings. The number of rotatable bonds is 5. The second-order valence-corrected chi connectivity index (χ2v) is 6.83. The van der Waals surface area contributed by atoms with Crippen molar-refractivity contribution in [1.82, 2.24) is 14.9 Å². The third kappa shape index (κ3) is 4.68. The van der Waals surface area contributed by atoms with E-state index >= 15 is 0 Å². The first kappa shape index (κ1) is 16.7. The van der Waals surface area contributed by atoms with Crippen molar-refractivity contribution in [1.29, 1.82) is 0 Å². The van der Waals surface area contributed by atoms with E-state index < -0.39 is 0 Å². The van der Waals surface area contributed by atoms with Crippen LogP contribution < -0.4 is 5.32 Å². The van der Waals surface area contributed by atoms with Crippen molar-refractivity contribution in [3.63, 3.8) is 0 Å². The number of anilines is 1. The third-order valence-corrected chi connectivity index (χ3v) is 4.02. The molecule has 0 radical (unpaired) electrons. The number of amides is 1. The second kappa shape index (κ2) is 7.56. The highest BCUT2D eigenvalue weighted by atomic mass is 16.2. The molecule has 1 amide bonds. The number of likely N-dealkylation sites (tertiary alicyclic amines) is 1. The molecule has 1 aromatic rings. The molecule has 1 aliphatic heterocycles. The molecule has 2 heterocycles. The summed E-state index contributed by atoms with van der Waals surface area (Å²) in [4.78, 5) is 23.4. The van der Waals surface area contributed by atoms with E-state index in [0.29, 0.717) is 23.5 Å². The molecule has 122 valence electrons. The van der Waals surface area contributed by atoms with Crippen molar-refractivity contribution < 1.29 is 4.79 Å².